The molecule has 1 unspecified atom stereocenters. The Morgan fingerprint density at radius 2 is 1.71 bits per heavy atom. The number of rotatable bonds is 2. The van der Waals surface area contributed by atoms with Gasteiger partial charge in [0.1, 0.15) is 6.29 Å². The second-order valence-electron chi connectivity index (χ2n) is 2.73. The molecular weight excluding hydrogens is 197 g/mol. The third kappa shape index (κ3) is 2.32. The lowest BCUT2D eigenvalue weighted by molar-refractivity contribution is -0.206. The van der Waals surface area contributed by atoms with Crippen LogP contribution in [-0.2, 0) is 0 Å². The highest BCUT2D eigenvalue weighted by molar-refractivity contribution is 5.74. The predicted octanol–water partition coefficient (Wildman–Crippen LogP) is 2.09. The molecule has 1 atom stereocenters. The van der Waals surface area contributed by atoms with E-state index < -0.39 is 12.3 Å². The molecule has 0 fully saturated rings. The molecule has 0 amide bonds. The van der Waals surface area contributed by atoms with Crippen molar-refractivity contribution < 1.29 is 23.1 Å². The van der Waals surface area contributed by atoms with E-state index >= 15 is 0 Å². The highest BCUT2D eigenvalue weighted by atomic mass is 19.4. The number of alkyl halides is 3. The van der Waals surface area contributed by atoms with Crippen molar-refractivity contribution in [1.29, 1.82) is 0 Å². The molecule has 1 aromatic rings. The molecule has 0 saturated heterocycles. The number of benzene rings is 1. The summed E-state index contributed by atoms with van der Waals surface area (Å²) in [6.45, 7) is 0. The van der Waals surface area contributed by atoms with Crippen LogP contribution < -0.4 is 0 Å². The third-order valence-corrected chi connectivity index (χ3v) is 1.70. The molecule has 0 saturated carbocycles. The smallest absolute Gasteiger partial charge is 0.379 e. The van der Waals surface area contributed by atoms with Crippen molar-refractivity contribution in [3.63, 3.8) is 0 Å². The summed E-state index contributed by atoms with van der Waals surface area (Å²) in [5, 5.41) is 8.81. The number of aliphatic hydroxyl groups is 1. The molecule has 1 rings (SSSR count). The summed E-state index contributed by atoms with van der Waals surface area (Å²) in [7, 11) is 0. The fourth-order valence-corrected chi connectivity index (χ4v) is 0.946. The maximum absolute atomic E-state index is 12.0. The van der Waals surface area contributed by atoms with Gasteiger partial charge in [0.15, 0.2) is 6.10 Å². The monoisotopic (exact) mass is 204 g/mol. The van der Waals surface area contributed by atoms with Crippen LogP contribution in [0.1, 0.15) is 22.0 Å². The third-order valence-electron chi connectivity index (χ3n) is 1.70. The van der Waals surface area contributed by atoms with Crippen molar-refractivity contribution in [2.24, 2.45) is 0 Å². The van der Waals surface area contributed by atoms with Crippen molar-refractivity contribution in [3.8, 4) is 0 Å². The first-order valence-electron chi connectivity index (χ1n) is 3.75. The number of halogens is 3. The second kappa shape index (κ2) is 3.79. The molecule has 0 radical (unpaired) electrons. The Balaban J connectivity index is 2.92. The number of aldehydes is 1. The van der Waals surface area contributed by atoms with Gasteiger partial charge in [-0.2, -0.15) is 13.2 Å². The van der Waals surface area contributed by atoms with Crippen molar-refractivity contribution in [2.45, 2.75) is 12.3 Å². The molecule has 1 N–H and O–H groups in total. The molecule has 0 aliphatic rings. The molecule has 76 valence electrons. The minimum Gasteiger partial charge on any atom is -0.379 e. The Bertz CT molecular complexity index is 316. The molecule has 5 heteroatoms. The van der Waals surface area contributed by atoms with Crippen LogP contribution in [0.5, 0.6) is 0 Å². The van der Waals surface area contributed by atoms with Crippen LogP contribution in [0, 0.1) is 0 Å². The molecule has 0 aliphatic carbocycles. The first-order chi connectivity index (χ1) is 6.45. The largest absolute Gasteiger partial charge is 0.418 e. The normalized spacial score (nSPS) is 13.7. The lowest BCUT2D eigenvalue weighted by Crippen LogP contribution is -2.20. The minimum absolute atomic E-state index is 0.267. The van der Waals surface area contributed by atoms with Crippen LogP contribution in [0.3, 0.4) is 0 Å². The van der Waals surface area contributed by atoms with E-state index in [4.69, 9.17) is 5.11 Å². The zero-order valence-electron chi connectivity index (χ0n) is 6.95. The SMILES string of the molecule is O=Cc1ccc(C(O)C(F)(F)F)cc1. The Hall–Kier alpha value is -1.36. The van der Waals surface area contributed by atoms with Gasteiger partial charge in [-0.1, -0.05) is 24.3 Å². The van der Waals surface area contributed by atoms with Crippen LogP contribution in [-0.4, -0.2) is 17.6 Å². The summed E-state index contributed by atoms with van der Waals surface area (Å²) in [6.07, 6.45) is -6.66. The zero-order chi connectivity index (χ0) is 10.8. The fraction of sp³-hybridized carbons (Fsp3) is 0.222. The van der Waals surface area contributed by atoms with E-state index in [2.05, 4.69) is 0 Å². The summed E-state index contributed by atoms with van der Waals surface area (Å²) in [6, 6.07) is 4.58. The van der Waals surface area contributed by atoms with E-state index in [1.165, 1.54) is 12.1 Å². The molecule has 0 aliphatic heterocycles. The first kappa shape index (κ1) is 10.7. The van der Waals surface area contributed by atoms with E-state index in [9.17, 15) is 18.0 Å². The van der Waals surface area contributed by atoms with Crippen LogP contribution in [0.25, 0.3) is 0 Å². The molecule has 0 aromatic heterocycles. The van der Waals surface area contributed by atoms with Crippen molar-refractivity contribution in [3.05, 3.63) is 35.4 Å². The Labute approximate surface area is 78.0 Å². The minimum atomic E-state index is -4.68. The van der Waals surface area contributed by atoms with Gasteiger partial charge in [-0.25, -0.2) is 0 Å². The molecule has 14 heavy (non-hydrogen) atoms. The lowest BCUT2D eigenvalue weighted by atomic mass is 10.1. The second-order valence-corrected chi connectivity index (χ2v) is 2.73. The molecule has 0 spiro atoms. The van der Waals surface area contributed by atoms with E-state index in [-0.39, 0.29) is 11.1 Å². The lowest BCUT2D eigenvalue weighted by Gasteiger charge is -2.14. The van der Waals surface area contributed by atoms with E-state index in [1.54, 1.807) is 0 Å². The van der Waals surface area contributed by atoms with Crippen LogP contribution in [0.2, 0.25) is 0 Å². The summed E-state index contributed by atoms with van der Waals surface area (Å²) in [5.74, 6) is 0. The van der Waals surface area contributed by atoms with Gasteiger partial charge in [0.2, 0.25) is 0 Å². The van der Waals surface area contributed by atoms with Gasteiger partial charge in [0.25, 0.3) is 0 Å². The highest BCUT2D eigenvalue weighted by Gasteiger charge is 2.39. The van der Waals surface area contributed by atoms with E-state index in [1.807, 2.05) is 0 Å². The van der Waals surface area contributed by atoms with Crippen molar-refractivity contribution in [1.82, 2.24) is 0 Å². The molecule has 2 nitrogen and oxygen atoms in total. The highest BCUT2D eigenvalue weighted by Crippen LogP contribution is 2.32. The fourth-order valence-electron chi connectivity index (χ4n) is 0.946. The van der Waals surface area contributed by atoms with Crippen molar-refractivity contribution in [2.75, 3.05) is 0 Å². The maximum atomic E-state index is 12.0. The Kier molecular flexibility index (Phi) is 2.90. The Morgan fingerprint density at radius 1 is 1.21 bits per heavy atom. The van der Waals surface area contributed by atoms with Gasteiger partial charge in [-0.3, -0.25) is 4.79 Å². The Morgan fingerprint density at radius 3 is 2.07 bits per heavy atom. The van der Waals surface area contributed by atoms with Gasteiger partial charge in [-0.15, -0.1) is 0 Å². The topological polar surface area (TPSA) is 37.3 Å². The van der Waals surface area contributed by atoms with Crippen LogP contribution in [0.15, 0.2) is 24.3 Å². The van der Waals surface area contributed by atoms with Gasteiger partial charge < -0.3 is 5.11 Å². The average Bonchev–Trinajstić information content (AvgIpc) is 2.15. The van der Waals surface area contributed by atoms with E-state index in [0.717, 1.165) is 12.1 Å². The van der Waals surface area contributed by atoms with Crippen LogP contribution in [0.4, 0.5) is 13.2 Å². The molecule has 0 heterocycles. The van der Waals surface area contributed by atoms with Crippen molar-refractivity contribution >= 4 is 6.29 Å². The summed E-state index contributed by atoms with van der Waals surface area (Å²) in [4.78, 5) is 10.2. The number of hydrogen-bond acceptors (Lipinski definition) is 2. The average molecular weight is 204 g/mol. The zero-order valence-corrected chi connectivity index (χ0v) is 6.95. The number of carbonyl (C=O) groups is 1. The van der Waals surface area contributed by atoms with E-state index in [0.29, 0.717) is 6.29 Å². The summed E-state index contributed by atoms with van der Waals surface area (Å²) >= 11 is 0. The number of carbonyl (C=O) groups excluding carboxylic acids is 1. The standard InChI is InChI=1S/C9H7F3O2/c10-9(11,12)8(14)7-3-1-6(5-13)2-4-7/h1-5,8,14H. The molecule has 1 aromatic carbocycles. The van der Waals surface area contributed by atoms with Gasteiger partial charge in [0, 0.05) is 5.56 Å². The van der Waals surface area contributed by atoms with Gasteiger partial charge >= 0.3 is 6.18 Å². The first-order valence-corrected chi connectivity index (χ1v) is 3.75. The predicted molar refractivity (Wildman–Crippen MR) is 42.8 cm³/mol. The maximum Gasteiger partial charge on any atom is 0.418 e. The molecule has 0 bridgehead atoms. The number of aliphatic hydroxyl groups excluding tert-OH is 1. The summed E-state index contributed by atoms with van der Waals surface area (Å²) in [5.41, 5.74) is -0.00813. The van der Waals surface area contributed by atoms with Gasteiger partial charge in [0.05, 0.1) is 0 Å². The quantitative estimate of drug-likeness (QED) is 0.749. The summed E-state index contributed by atoms with van der Waals surface area (Å²) < 4.78 is 36.0. The number of hydrogen-bond donors (Lipinski definition) is 1. The van der Waals surface area contributed by atoms with Gasteiger partial charge in [-0.05, 0) is 5.56 Å². The molecular formula is C9H7F3O2. The van der Waals surface area contributed by atoms with Crippen LogP contribution >= 0.6 is 0 Å².